The zero-order valence-corrected chi connectivity index (χ0v) is 26.4. The number of para-hydroxylation sites is 1. The van der Waals surface area contributed by atoms with Crippen LogP contribution < -0.4 is 20.3 Å². The molecule has 0 saturated carbocycles. The molecular weight excluding hydrogens is 588 g/mol. The number of thioether (sulfide) groups is 1. The van der Waals surface area contributed by atoms with Gasteiger partial charge in [0.2, 0.25) is 5.91 Å². The summed E-state index contributed by atoms with van der Waals surface area (Å²) in [5, 5.41) is 15.8. The molecule has 0 spiro atoms. The maximum Gasteiger partial charge on any atom is 0.327 e. The number of hydrogen-bond donors (Lipinski definition) is 2. The number of urea groups is 1. The number of nitriles is 1. The summed E-state index contributed by atoms with van der Waals surface area (Å²) in [6, 6.07) is 17.7. The Balaban J connectivity index is 1.17. The topological polar surface area (TPSA) is 128 Å². The summed E-state index contributed by atoms with van der Waals surface area (Å²) in [5.74, 6) is 0.825. The standard InChI is InChI=1S/C34H34N6O4S/c1-20-16-24(44-23-8-6-5-7-9-23)10-11-25(20)40-26-12-14-36-31-27(26)28(38-33(40)43)29(45-31)30(41)37-22-13-15-39(19-22)32(42)21(18-35)17-34(2,3)4/h5-12,14,16-17,22,28-29H,13,15,19H2,1-4H3,(H,37,41)(H,38,43)/b21-17+/t22?,28?,29-/m1/s1. The van der Waals surface area contributed by atoms with Crippen LogP contribution >= 0.6 is 11.8 Å². The molecule has 3 aromatic rings. The minimum Gasteiger partial charge on any atom is -0.457 e. The van der Waals surface area contributed by atoms with E-state index < -0.39 is 11.3 Å². The normalized spacial score (nSPS) is 20.7. The number of anilines is 2. The van der Waals surface area contributed by atoms with E-state index in [-0.39, 0.29) is 34.9 Å². The second-order valence-corrected chi connectivity index (χ2v) is 13.6. The van der Waals surface area contributed by atoms with Crippen molar-refractivity contribution < 1.29 is 19.1 Å². The van der Waals surface area contributed by atoms with Crippen molar-refractivity contribution in [2.75, 3.05) is 18.0 Å². The first-order valence-electron chi connectivity index (χ1n) is 14.8. The number of carbonyl (C=O) groups is 3. The number of aromatic nitrogens is 1. The Morgan fingerprint density at radius 3 is 2.62 bits per heavy atom. The van der Waals surface area contributed by atoms with Gasteiger partial charge < -0.3 is 20.3 Å². The smallest absolute Gasteiger partial charge is 0.327 e. The molecule has 1 aromatic heterocycles. The van der Waals surface area contributed by atoms with Gasteiger partial charge in [-0.05, 0) is 60.7 Å². The lowest BCUT2D eigenvalue weighted by atomic mass is 9.93. The molecule has 4 amide bonds. The highest BCUT2D eigenvalue weighted by Crippen LogP contribution is 2.51. The Kier molecular flexibility index (Phi) is 8.01. The molecule has 6 rings (SSSR count). The molecule has 2 unspecified atom stereocenters. The van der Waals surface area contributed by atoms with Crippen LogP contribution in [-0.4, -0.2) is 52.1 Å². The van der Waals surface area contributed by atoms with Crippen LogP contribution in [0.15, 0.2) is 77.5 Å². The quantitative estimate of drug-likeness (QED) is 0.264. The van der Waals surface area contributed by atoms with Gasteiger partial charge in [-0.25, -0.2) is 9.78 Å². The van der Waals surface area contributed by atoms with Crippen LogP contribution in [0.5, 0.6) is 11.5 Å². The summed E-state index contributed by atoms with van der Waals surface area (Å²) < 4.78 is 5.98. The average molecular weight is 623 g/mol. The summed E-state index contributed by atoms with van der Waals surface area (Å²) >= 11 is 1.33. The van der Waals surface area contributed by atoms with Crippen molar-refractivity contribution in [2.24, 2.45) is 5.41 Å². The Bertz CT molecular complexity index is 1750. The number of benzene rings is 2. The number of carbonyl (C=O) groups excluding carboxylic acids is 3. The minimum atomic E-state index is -0.622. The van der Waals surface area contributed by atoms with Gasteiger partial charge in [-0.3, -0.25) is 14.5 Å². The molecule has 230 valence electrons. The molecule has 0 aliphatic carbocycles. The molecule has 10 nitrogen and oxygen atoms in total. The predicted molar refractivity (Wildman–Crippen MR) is 171 cm³/mol. The van der Waals surface area contributed by atoms with Gasteiger partial charge in [0.15, 0.2) is 0 Å². The molecule has 45 heavy (non-hydrogen) atoms. The summed E-state index contributed by atoms with van der Waals surface area (Å²) in [6.45, 7) is 8.49. The molecule has 1 fully saturated rings. The summed E-state index contributed by atoms with van der Waals surface area (Å²) in [5.41, 5.74) is 2.83. The van der Waals surface area contributed by atoms with Gasteiger partial charge in [-0.1, -0.05) is 56.8 Å². The van der Waals surface area contributed by atoms with E-state index in [0.717, 1.165) is 16.9 Å². The molecule has 3 aliphatic rings. The summed E-state index contributed by atoms with van der Waals surface area (Å²) in [4.78, 5) is 48.0. The van der Waals surface area contributed by atoms with Crippen molar-refractivity contribution in [3.05, 3.63) is 83.6 Å². The zero-order chi connectivity index (χ0) is 31.9. The average Bonchev–Trinajstić information content (AvgIpc) is 3.62. The third-order valence-corrected chi connectivity index (χ3v) is 9.19. The molecule has 3 aliphatic heterocycles. The number of rotatable bonds is 6. The van der Waals surface area contributed by atoms with Crippen molar-refractivity contribution in [1.82, 2.24) is 20.5 Å². The van der Waals surface area contributed by atoms with Crippen molar-refractivity contribution in [3.8, 4) is 17.6 Å². The number of nitrogens with one attached hydrogen (secondary N) is 2. The van der Waals surface area contributed by atoms with Gasteiger partial charge >= 0.3 is 6.03 Å². The van der Waals surface area contributed by atoms with Crippen molar-refractivity contribution in [3.63, 3.8) is 0 Å². The number of nitrogens with zero attached hydrogens (tertiary/aromatic N) is 4. The third-order valence-electron chi connectivity index (χ3n) is 7.90. The molecule has 4 heterocycles. The monoisotopic (exact) mass is 622 g/mol. The van der Waals surface area contributed by atoms with Crippen LogP contribution in [0.25, 0.3) is 0 Å². The maximum atomic E-state index is 13.6. The number of ether oxygens (including phenoxy) is 1. The number of aryl methyl sites for hydroxylation is 1. The zero-order valence-electron chi connectivity index (χ0n) is 25.5. The number of likely N-dealkylation sites (tertiary alicyclic amines) is 1. The Hall–Kier alpha value is -4.82. The first-order chi connectivity index (χ1) is 21.5. The molecule has 3 atom stereocenters. The largest absolute Gasteiger partial charge is 0.457 e. The lowest BCUT2D eigenvalue weighted by Gasteiger charge is -2.35. The fraction of sp³-hybridized carbons (Fsp3) is 0.324. The molecule has 1 saturated heterocycles. The van der Waals surface area contributed by atoms with Gasteiger partial charge in [-0.2, -0.15) is 5.26 Å². The van der Waals surface area contributed by atoms with Crippen LogP contribution in [0, 0.1) is 23.7 Å². The third kappa shape index (κ3) is 6.11. The molecular formula is C34H34N6O4S. The first kappa shape index (κ1) is 30.2. The van der Waals surface area contributed by atoms with E-state index in [1.165, 1.54) is 11.8 Å². The SMILES string of the molecule is Cc1cc(Oc2ccccc2)ccc1N1C(=O)NC2c3c1ccnc3S[C@H]2C(=O)NC1CCN(C(=O)/C(C#N)=C/C(C)(C)C)C1. The van der Waals surface area contributed by atoms with E-state index in [4.69, 9.17) is 4.74 Å². The van der Waals surface area contributed by atoms with E-state index in [2.05, 4.69) is 15.6 Å². The van der Waals surface area contributed by atoms with Crippen LogP contribution in [0.1, 0.15) is 44.4 Å². The highest BCUT2D eigenvalue weighted by atomic mass is 32.2. The van der Waals surface area contributed by atoms with Crippen molar-refractivity contribution >= 4 is 41.0 Å². The molecule has 11 heteroatoms. The number of pyridine rings is 1. The predicted octanol–water partition coefficient (Wildman–Crippen LogP) is 5.77. The number of hydrogen-bond acceptors (Lipinski definition) is 7. The van der Waals surface area contributed by atoms with E-state index in [0.29, 0.717) is 41.7 Å². The summed E-state index contributed by atoms with van der Waals surface area (Å²) in [7, 11) is 0. The minimum absolute atomic E-state index is 0.109. The van der Waals surface area contributed by atoms with Gasteiger partial charge in [-0.15, -0.1) is 0 Å². The van der Waals surface area contributed by atoms with Crippen LogP contribution in [0.3, 0.4) is 0 Å². The highest BCUT2D eigenvalue weighted by Gasteiger charge is 2.47. The second kappa shape index (κ2) is 11.9. The Labute approximate surface area is 266 Å². The lowest BCUT2D eigenvalue weighted by Crippen LogP contribution is -2.50. The molecule has 0 bridgehead atoms. The van der Waals surface area contributed by atoms with E-state index in [1.807, 2.05) is 82.3 Å². The second-order valence-electron chi connectivity index (χ2n) is 12.5. The van der Waals surface area contributed by atoms with Crippen LogP contribution in [0.2, 0.25) is 0 Å². The Morgan fingerprint density at radius 1 is 1.13 bits per heavy atom. The van der Waals surface area contributed by atoms with Crippen molar-refractivity contribution in [1.29, 1.82) is 5.26 Å². The molecule has 0 radical (unpaired) electrons. The van der Waals surface area contributed by atoms with Gasteiger partial charge in [0.25, 0.3) is 5.91 Å². The fourth-order valence-corrected chi connectivity index (χ4v) is 7.16. The van der Waals surface area contributed by atoms with Gasteiger partial charge in [0.1, 0.15) is 33.4 Å². The van der Waals surface area contributed by atoms with Gasteiger partial charge in [0, 0.05) is 30.9 Å². The molecule has 2 N–H and O–H groups in total. The lowest BCUT2D eigenvalue weighted by molar-refractivity contribution is -0.126. The summed E-state index contributed by atoms with van der Waals surface area (Å²) in [6.07, 6.45) is 3.92. The maximum absolute atomic E-state index is 13.6. The van der Waals surface area contributed by atoms with Crippen LogP contribution in [0.4, 0.5) is 16.2 Å². The van der Waals surface area contributed by atoms with Crippen LogP contribution in [-0.2, 0) is 9.59 Å². The van der Waals surface area contributed by atoms with E-state index in [9.17, 15) is 19.6 Å². The fourth-order valence-electron chi connectivity index (χ4n) is 5.92. The number of amides is 4. The first-order valence-corrected chi connectivity index (χ1v) is 15.7. The molecule has 2 aromatic carbocycles. The van der Waals surface area contributed by atoms with E-state index in [1.54, 1.807) is 28.1 Å². The number of allylic oxidation sites excluding steroid dienone is 1. The highest BCUT2D eigenvalue weighted by molar-refractivity contribution is 8.01. The Morgan fingerprint density at radius 2 is 1.91 bits per heavy atom. The van der Waals surface area contributed by atoms with Crippen molar-refractivity contribution in [2.45, 2.75) is 56.5 Å². The van der Waals surface area contributed by atoms with E-state index >= 15 is 0 Å². The van der Waals surface area contributed by atoms with Gasteiger partial charge in [0.05, 0.1) is 17.4 Å².